The van der Waals surface area contributed by atoms with Gasteiger partial charge in [0.25, 0.3) is 0 Å². The van der Waals surface area contributed by atoms with E-state index in [2.05, 4.69) is 24.5 Å². The van der Waals surface area contributed by atoms with Crippen molar-refractivity contribution in [2.24, 2.45) is 23.7 Å². The Hall–Kier alpha value is -2.71. The molecule has 1 saturated carbocycles. The van der Waals surface area contributed by atoms with Crippen molar-refractivity contribution >= 4 is 23.4 Å². The lowest BCUT2D eigenvalue weighted by Crippen LogP contribution is -2.58. The number of hydrogen-bond donors (Lipinski definition) is 2. The third kappa shape index (κ3) is 4.66. The number of carbonyl (C=O) groups is 3. The number of rotatable bonds is 9. The van der Waals surface area contributed by atoms with E-state index in [1.165, 1.54) is 0 Å². The SMILES string of the molecule is CCOCCCN1C(=O)[C@H]2C(C(=O)Nc3cccc(C)c3)[C@H]3C=CC2(O3)C1C(=O)NC1CCCC(C)C1C. The summed E-state index contributed by atoms with van der Waals surface area (Å²) in [5.41, 5.74) is 0.573. The van der Waals surface area contributed by atoms with Crippen molar-refractivity contribution < 1.29 is 23.9 Å². The molecule has 3 amide bonds. The predicted octanol–water partition coefficient (Wildman–Crippen LogP) is 3.45. The van der Waals surface area contributed by atoms with E-state index < -0.39 is 29.6 Å². The van der Waals surface area contributed by atoms with Crippen molar-refractivity contribution in [1.82, 2.24) is 10.2 Å². The minimum absolute atomic E-state index is 0.0603. The fourth-order valence-electron chi connectivity index (χ4n) is 6.98. The number of likely N-dealkylation sites (tertiary alicyclic amines) is 1. The Balaban J connectivity index is 1.41. The van der Waals surface area contributed by atoms with Crippen LogP contribution < -0.4 is 10.6 Å². The lowest BCUT2D eigenvalue weighted by atomic mass is 9.73. The van der Waals surface area contributed by atoms with Gasteiger partial charge in [0.15, 0.2) is 0 Å². The van der Waals surface area contributed by atoms with Gasteiger partial charge in [-0.1, -0.05) is 51.0 Å². The van der Waals surface area contributed by atoms with E-state index in [4.69, 9.17) is 9.47 Å². The Kier molecular flexibility index (Phi) is 7.65. The fraction of sp³-hybridized carbons (Fsp3) is 0.633. The zero-order valence-corrected chi connectivity index (χ0v) is 22.9. The van der Waals surface area contributed by atoms with E-state index in [1.54, 1.807) is 4.90 Å². The molecule has 1 spiro atoms. The molecule has 1 aromatic rings. The van der Waals surface area contributed by atoms with Gasteiger partial charge in [-0.2, -0.15) is 0 Å². The molecule has 206 valence electrons. The number of anilines is 1. The van der Waals surface area contributed by atoms with Crippen molar-refractivity contribution in [3.8, 4) is 0 Å². The molecule has 2 bridgehead atoms. The molecule has 2 N–H and O–H groups in total. The van der Waals surface area contributed by atoms with Gasteiger partial charge in [0, 0.05) is 31.5 Å². The smallest absolute Gasteiger partial charge is 0.246 e. The minimum Gasteiger partial charge on any atom is -0.382 e. The number of nitrogens with one attached hydrogen (secondary N) is 2. The molecule has 3 aliphatic heterocycles. The first-order valence-corrected chi connectivity index (χ1v) is 14.2. The maximum Gasteiger partial charge on any atom is 0.246 e. The zero-order valence-electron chi connectivity index (χ0n) is 22.9. The minimum atomic E-state index is -1.14. The largest absolute Gasteiger partial charge is 0.382 e. The van der Waals surface area contributed by atoms with Gasteiger partial charge in [0.2, 0.25) is 17.7 Å². The molecule has 5 rings (SSSR count). The number of nitrogens with zero attached hydrogens (tertiary/aromatic N) is 1. The molecule has 2 saturated heterocycles. The highest BCUT2D eigenvalue weighted by Gasteiger charge is 2.72. The zero-order chi connectivity index (χ0) is 27.0. The summed E-state index contributed by atoms with van der Waals surface area (Å²) in [5.74, 6) is -1.19. The highest BCUT2D eigenvalue weighted by atomic mass is 16.5. The van der Waals surface area contributed by atoms with Crippen LogP contribution in [0.2, 0.25) is 0 Å². The van der Waals surface area contributed by atoms with E-state index in [0.717, 1.165) is 24.8 Å². The van der Waals surface area contributed by atoms with Crippen LogP contribution in [0.5, 0.6) is 0 Å². The topological polar surface area (TPSA) is 97.0 Å². The summed E-state index contributed by atoms with van der Waals surface area (Å²) in [6.45, 7) is 9.79. The van der Waals surface area contributed by atoms with Gasteiger partial charge >= 0.3 is 0 Å². The molecule has 1 aliphatic carbocycles. The summed E-state index contributed by atoms with van der Waals surface area (Å²) in [7, 11) is 0. The molecule has 0 radical (unpaired) electrons. The van der Waals surface area contributed by atoms with Gasteiger partial charge in [-0.05, 0) is 56.2 Å². The first kappa shape index (κ1) is 26.9. The third-order valence-corrected chi connectivity index (χ3v) is 9.14. The second-order valence-electron chi connectivity index (χ2n) is 11.5. The van der Waals surface area contributed by atoms with Gasteiger partial charge in [0.05, 0.1) is 17.9 Å². The molecule has 1 aromatic carbocycles. The summed E-state index contributed by atoms with van der Waals surface area (Å²) >= 11 is 0. The quantitative estimate of drug-likeness (QED) is 0.382. The average Bonchev–Trinajstić information content (AvgIpc) is 3.52. The number of ether oxygens (including phenoxy) is 2. The average molecular weight is 524 g/mol. The van der Waals surface area contributed by atoms with Crippen molar-refractivity contribution in [3.05, 3.63) is 42.0 Å². The number of aryl methyl sites for hydroxylation is 1. The van der Waals surface area contributed by atoms with E-state index in [0.29, 0.717) is 43.7 Å². The van der Waals surface area contributed by atoms with E-state index in [9.17, 15) is 14.4 Å². The van der Waals surface area contributed by atoms with Crippen LogP contribution in [0.25, 0.3) is 0 Å². The van der Waals surface area contributed by atoms with Gasteiger partial charge < -0.3 is 25.0 Å². The van der Waals surface area contributed by atoms with Crippen LogP contribution in [0, 0.1) is 30.6 Å². The maximum absolute atomic E-state index is 14.0. The number of benzene rings is 1. The van der Waals surface area contributed by atoms with Crippen LogP contribution in [0.4, 0.5) is 5.69 Å². The molecule has 0 aromatic heterocycles. The first-order chi connectivity index (χ1) is 18.3. The van der Waals surface area contributed by atoms with Gasteiger partial charge in [-0.15, -0.1) is 0 Å². The monoisotopic (exact) mass is 523 g/mol. The van der Waals surface area contributed by atoms with Crippen LogP contribution in [-0.2, 0) is 23.9 Å². The summed E-state index contributed by atoms with van der Waals surface area (Å²) in [4.78, 5) is 43.2. The lowest BCUT2D eigenvalue weighted by molar-refractivity contribution is -0.141. The molecule has 8 nitrogen and oxygen atoms in total. The van der Waals surface area contributed by atoms with E-state index in [-0.39, 0.29) is 23.8 Å². The number of hydrogen-bond acceptors (Lipinski definition) is 5. The van der Waals surface area contributed by atoms with Crippen LogP contribution in [-0.4, -0.2) is 66.2 Å². The standard InChI is InChI=1S/C30H41N3O5/c1-5-37-16-8-15-33-26(28(35)32-22-12-7-10-19(3)20(22)4)30-14-13-23(38-30)24(25(30)29(33)36)27(34)31-21-11-6-9-18(2)17-21/h6,9,11,13-14,17,19-20,22-26H,5,7-8,10,12,15-16H2,1-4H3,(H,31,34)(H,32,35)/t19?,20?,22?,23-,24?,25-,26?,30?/m1/s1. The summed E-state index contributed by atoms with van der Waals surface area (Å²) in [5, 5.41) is 6.29. The molecular weight excluding hydrogens is 482 g/mol. The first-order valence-electron chi connectivity index (χ1n) is 14.2. The number of fused-ring (bicyclic) bond motifs is 1. The van der Waals surface area contributed by atoms with Gasteiger partial charge in [-0.3, -0.25) is 14.4 Å². The molecule has 3 heterocycles. The van der Waals surface area contributed by atoms with Crippen molar-refractivity contribution in [1.29, 1.82) is 0 Å². The van der Waals surface area contributed by atoms with Crippen LogP contribution in [0.1, 0.15) is 52.0 Å². The van der Waals surface area contributed by atoms with Gasteiger partial charge in [-0.25, -0.2) is 0 Å². The molecule has 3 fully saturated rings. The Morgan fingerprint density at radius 3 is 2.79 bits per heavy atom. The lowest BCUT2D eigenvalue weighted by Gasteiger charge is -2.38. The maximum atomic E-state index is 14.0. The highest BCUT2D eigenvalue weighted by Crippen LogP contribution is 2.55. The summed E-state index contributed by atoms with van der Waals surface area (Å²) in [6, 6.07) is 6.83. The molecule has 8 heteroatoms. The molecule has 6 unspecified atom stereocenters. The molecule has 38 heavy (non-hydrogen) atoms. The second-order valence-corrected chi connectivity index (χ2v) is 11.5. The van der Waals surface area contributed by atoms with Crippen molar-refractivity contribution in [3.63, 3.8) is 0 Å². The fourth-order valence-corrected chi connectivity index (χ4v) is 6.98. The van der Waals surface area contributed by atoms with E-state index in [1.807, 2.05) is 50.3 Å². The Morgan fingerprint density at radius 1 is 1.21 bits per heavy atom. The number of amides is 3. The second kappa shape index (κ2) is 10.8. The van der Waals surface area contributed by atoms with Crippen LogP contribution >= 0.6 is 0 Å². The van der Waals surface area contributed by atoms with Gasteiger partial charge in [0.1, 0.15) is 11.6 Å². The summed E-state index contributed by atoms with van der Waals surface area (Å²) in [6.07, 6.45) is 6.97. The Morgan fingerprint density at radius 2 is 2.03 bits per heavy atom. The Bertz CT molecular complexity index is 1110. The molecule has 8 atom stereocenters. The molecular formula is C30H41N3O5. The van der Waals surface area contributed by atoms with Crippen LogP contribution in [0.15, 0.2) is 36.4 Å². The van der Waals surface area contributed by atoms with Crippen molar-refractivity contribution in [2.75, 3.05) is 25.1 Å². The van der Waals surface area contributed by atoms with E-state index >= 15 is 0 Å². The predicted molar refractivity (Wildman–Crippen MR) is 144 cm³/mol. The highest BCUT2D eigenvalue weighted by molar-refractivity contribution is 6.02. The van der Waals surface area contributed by atoms with Crippen LogP contribution in [0.3, 0.4) is 0 Å². The normalized spacial score (nSPS) is 35.4. The Labute approximate surface area is 225 Å². The molecule has 4 aliphatic rings. The van der Waals surface area contributed by atoms with Crippen molar-refractivity contribution in [2.45, 2.75) is 77.2 Å². The third-order valence-electron chi connectivity index (χ3n) is 9.14. The number of carbonyl (C=O) groups excluding carboxylic acids is 3. The summed E-state index contributed by atoms with van der Waals surface area (Å²) < 4.78 is 12.0.